The SMILES string of the molecule is CC.CCC.CO.Oc1ccccc1.c1ccc2ccccc2c1. The van der Waals surface area contributed by atoms with Gasteiger partial charge in [0.1, 0.15) is 5.75 Å². The van der Waals surface area contributed by atoms with E-state index < -0.39 is 0 Å². The standard InChI is InChI=1S/C10H8.C6H6O.C3H8.C2H6.CH4O/c1-2-6-10-8-4-3-7-9(10)5-1;7-6-4-2-1-3-5-6;1-3-2;2*1-2/h1-8H;1-5,7H;3H2,1-2H3;1-2H3;2H,1H3. The summed E-state index contributed by atoms with van der Waals surface area (Å²) >= 11 is 0. The molecule has 132 valence electrons. The van der Waals surface area contributed by atoms with E-state index in [1.807, 2.05) is 19.9 Å². The fourth-order valence-electron chi connectivity index (χ4n) is 1.56. The zero-order chi connectivity index (χ0) is 18.6. The van der Waals surface area contributed by atoms with E-state index >= 15 is 0 Å². The minimum absolute atomic E-state index is 0.322. The summed E-state index contributed by atoms with van der Waals surface area (Å²) in [5.41, 5.74) is 0. The van der Waals surface area contributed by atoms with Crippen LogP contribution in [0.15, 0.2) is 78.9 Å². The van der Waals surface area contributed by atoms with Crippen molar-refractivity contribution in [2.75, 3.05) is 7.11 Å². The number of hydrogen-bond donors (Lipinski definition) is 2. The second kappa shape index (κ2) is 18.7. The van der Waals surface area contributed by atoms with Crippen molar-refractivity contribution in [3.8, 4) is 5.75 Å². The molecule has 0 aliphatic carbocycles. The van der Waals surface area contributed by atoms with Gasteiger partial charge in [-0.25, -0.2) is 0 Å². The summed E-state index contributed by atoms with van der Waals surface area (Å²) in [5.74, 6) is 0.322. The third-order valence-corrected chi connectivity index (χ3v) is 2.41. The highest BCUT2D eigenvalue weighted by molar-refractivity contribution is 5.81. The van der Waals surface area contributed by atoms with Crippen LogP contribution in [-0.4, -0.2) is 17.3 Å². The van der Waals surface area contributed by atoms with E-state index in [9.17, 15) is 0 Å². The van der Waals surface area contributed by atoms with Gasteiger partial charge in [-0.1, -0.05) is 101 Å². The maximum absolute atomic E-state index is 8.63. The van der Waals surface area contributed by atoms with Crippen LogP contribution in [0.25, 0.3) is 10.8 Å². The predicted octanol–water partition coefficient (Wildman–Crippen LogP) is 6.28. The van der Waals surface area contributed by atoms with E-state index in [-0.39, 0.29) is 0 Å². The second-order valence-corrected chi connectivity index (χ2v) is 4.39. The minimum Gasteiger partial charge on any atom is -0.508 e. The van der Waals surface area contributed by atoms with E-state index in [1.165, 1.54) is 17.2 Å². The summed E-state index contributed by atoms with van der Waals surface area (Å²) in [6.07, 6.45) is 1.25. The summed E-state index contributed by atoms with van der Waals surface area (Å²) in [7, 11) is 1.00. The molecule has 24 heavy (non-hydrogen) atoms. The Balaban J connectivity index is 0. The topological polar surface area (TPSA) is 40.5 Å². The second-order valence-electron chi connectivity index (χ2n) is 4.39. The van der Waals surface area contributed by atoms with Gasteiger partial charge in [-0.15, -0.1) is 0 Å². The molecule has 0 atom stereocenters. The molecule has 3 rings (SSSR count). The normalized spacial score (nSPS) is 7.92. The molecule has 0 saturated carbocycles. The third-order valence-electron chi connectivity index (χ3n) is 2.41. The Morgan fingerprint density at radius 3 is 1.04 bits per heavy atom. The molecule has 3 aromatic carbocycles. The fraction of sp³-hybridized carbons (Fsp3) is 0.273. The lowest BCUT2D eigenvalue weighted by atomic mass is 10.1. The van der Waals surface area contributed by atoms with Crippen LogP contribution in [-0.2, 0) is 0 Å². The highest BCUT2D eigenvalue weighted by Gasteiger charge is 1.85. The van der Waals surface area contributed by atoms with Crippen molar-refractivity contribution in [1.82, 2.24) is 0 Å². The number of aromatic hydroxyl groups is 1. The van der Waals surface area contributed by atoms with Crippen LogP contribution in [0.5, 0.6) is 5.75 Å². The predicted molar refractivity (Wildman–Crippen MR) is 108 cm³/mol. The van der Waals surface area contributed by atoms with Crippen molar-refractivity contribution in [1.29, 1.82) is 0 Å². The monoisotopic (exact) mass is 328 g/mol. The maximum Gasteiger partial charge on any atom is 0.115 e. The van der Waals surface area contributed by atoms with Crippen molar-refractivity contribution in [3.05, 3.63) is 78.9 Å². The molecule has 0 saturated heterocycles. The number of phenols is 1. The smallest absolute Gasteiger partial charge is 0.115 e. The molecule has 0 fully saturated rings. The Labute approximate surface area is 147 Å². The molecule has 2 heteroatoms. The molecule has 2 N–H and O–H groups in total. The Kier molecular flexibility index (Phi) is 18.7. The third kappa shape index (κ3) is 12.2. The molecule has 0 heterocycles. The van der Waals surface area contributed by atoms with Gasteiger partial charge in [0.05, 0.1) is 0 Å². The zero-order valence-electron chi connectivity index (χ0n) is 15.6. The fourth-order valence-corrected chi connectivity index (χ4v) is 1.56. The van der Waals surface area contributed by atoms with E-state index in [4.69, 9.17) is 10.2 Å². The van der Waals surface area contributed by atoms with Crippen LogP contribution in [0.4, 0.5) is 0 Å². The van der Waals surface area contributed by atoms with Gasteiger partial charge in [0, 0.05) is 7.11 Å². The average Bonchev–Trinajstić information content (AvgIpc) is 2.67. The quantitative estimate of drug-likeness (QED) is 0.509. The van der Waals surface area contributed by atoms with Gasteiger partial charge in [0.25, 0.3) is 0 Å². The largest absolute Gasteiger partial charge is 0.508 e. The lowest BCUT2D eigenvalue weighted by molar-refractivity contribution is 0.399. The highest BCUT2D eigenvalue weighted by atomic mass is 16.3. The number of aliphatic hydroxyl groups is 1. The van der Waals surface area contributed by atoms with Gasteiger partial charge in [-0.3, -0.25) is 0 Å². The number of para-hydroxylation sites is 1. The molecule has 0 bridgehead atoms. The van der Waals surface area contributed by atoms with Crippen LogP contribution in [0.1, 0.15) is 34.1 Å². The van der Waals surface area contributed by atoms with Crippen molar-refractivity contribution in [2.45, 2.75) is 34.1 Å². The molecule has 3 aromatic rings. The van der Waals surface area contributed by atoms with Crippen molar-refractivity contribution < 1.29 is 10.2 Å². The molecule has 0 radical (unpaired) electrons. The number of rotatable bonds is 0. The Morgan fingerprint density at radius 1 is 0.583 bits per heavy atom. The van der Waals surface area contributed by atoms with Gasteiger partial charge in [0.15, 0.2) is 0 Å². The first-order valence-electron chi connectivity index (χ1n) is 8.40. The van der Waals surface area contributed by atoms with Crippen LogP contribution in [0.3, 0.4) is 0 Å². The lowest BCUT2D eigenvalue weighted by Crippen LogP contribution is -1.67. The van der Waals surface area contributed by atoms with E-state index in [0.29, 0.717) is 5.75 Å². The summed E-state index contributed by atoms with van der Waals surface area (Å²) in [5, 5.41) is 18.3. The first-order valence-corrected chi connectivity index (χ1v) is 8.40. The van der Waals surface area contributed by atoms with Crippen molar-refractivity contribution in [3.63, 3.8) is 0 Å². The molecule has 0 amide bonds. The molecule has 0 spiro atoms. The maximum atomic E-state index is 8.63. The van der Waals surface area contributed by atoms with Gasteiger partial charge in [-0.05, 0) is 22.9 Å². The van der Waals surface area contributed by atoms with Crippen LogP contribution in [0.2, 0.25) is 0 Å². The van der Waals surface area contributed by atoms with Crippen LogP contribution >= 0.6 is 0 Å². The molecular formula is C22H32O2. The van der Waals surface area contributed by atoms with Crippen LogP contribution in [0, 0.1) is 0 Å². The first kappa shape index (κ1) is 23.9. The average molecular weight is 328 g/mol. The van der Waals surface area contributed by atoms with Crippen molar-refractivity contribution >= 4 is 10.8 Å². The van der Waals surface area contributed by atoms with Crippen LogP contribution < -0.4 is 0 Å². The molecule has 0 unspecified atom stereocenters. The minimum atomic E-state index is 0.322. The van der Waals surface area contributed by atoms with Gasteiger partial charge in [-0.2, -0.15) is 0 Å². The van der Waals surface area contributed by atoms with E-state index in [0.717, 1.165) is 7.11 Å². The Hall–Kier alpha value is -2.32. The number of phenolic OH excluding ortho intramolecular Hbond substituents is 1. The van der Waals surface area contributed by atoms with E-state index in [1.54, 1.807) is 24.3 Å². The van der Waals surface area contributed by atoms with Crippen molar-refractivity contribution in [2.24, 2.45) is 0 Å². The Bertz CT molecular complexity index is 526. The molecular weight excluding hydrogens is 296 g/mol. The lowest BCUT2D eigenvalue weighted by Gasteiger charge is -1.92. The summed E-state index contributed by atoms with van der Waals surface area (Å²) < 4.78 is 0. The van der Waals surface area contributed by atoms with E-state index in [2.05, 4.69) is 62.4 Å². The summed E-state index contributed by atoms with van der Waals surface area (Å²) in [4.78, 5) is 0. The van der Waals surface area contributed by atoms with Gasteiger partial charge in [0.2, 0.25) is 0 Å². The molecule has 0 aliphatic rings. The number of hydrogen-bond acceptors (Lipinski definition) is 2. The first-order chi connectivity index (χ1) is 11.8. The Morgan fingerprint density at radius 2 is 0.833 bits per heavy atom. The zero-order valence-corrected chi connectivity index (χ0v) is 15.6. The number of fused-ring (bicyclic) bond motifs is 1. The number of benzene rings is 3. The molecule has 0 aliphatic heterocycles. The number of aliphatic hydroxyl groups excluding tert-OH is 1. The molecule has 0 aromatic heterocycles. The summed E-state index contributed by atoms with van der Waals surface area (Å²) in [6, 6.07) is 25.4. The summed E-state index contributed by atoms with van der Waals surface area (Å²) in [6.45, 7) is 8.25. The highest BCUT2D eigenvalue weighted by Crippen LogP contribution is 2.11. The van der Waals surface area contributed by atoms with Gasteiger partial charge >= 0.3 is 0 Å². The molecule has 2 nitrogen and oxygen atoms in total. The van der Waals surface area contributed by atoms with Gasteiger partial charge < -0.3 is 10.2 Å².